The van der Waals surface area contributed by atoms with Crippen molar-refractivity contribution >= 4 is 28.3 Å². The van der Waals surface area contributed by atoms with Gasteiger partial charge in [0.15, 0.2) is 0 Å². The van der Waals surface area contributed by atoms with Crippen LogP contribution < -0.4 is 4.90 Å². The molecule has 6 rings (SSSR count). The van der Waals surface area contributed by atoms with Crippen molar-refractivity contribution in [1.82, 2.24) is 19.7 Å². The van der Waals surface area contributed by atoms with Crippen molar-refractivity contribution in [2.75, 3.05) is 11.4 Å². The second kappa shape index (κ2) is 9.75. The molecule has 0 amide bonds. The van der Waals surface area contributed by atoms with Crippen LogP contribution in [-0.4, -0.2) is 26.3 Å². The number of H-pyrrole nitrogens is 1. The van der Waals surface area contributed by atoms with Gasteiger partial charge in [0, 0.05) is 48.4 Å². The summed E-state index contributed by atoms with van der Waals surface area (Å²) in [4.78, 5) is 9.45. The molecule has 9 heteroatoms. The van der Waals surface area contributed by atoms with Crippen LogP contribution in [0.25, 0.3) is 27.8 Å². The van der Waals surface area contributed by atoms with Gasteiger partial charge in [-0.15, -0.1) is 0 Å². The highest BCUT2D eigenvalue weighted by molar-refractivity contribution is 6.35. The Morgan fingerprint density at radius 2 is 1.77 bits per heavy atom. The van der Waals surface area contributed by atoms with Gasteiger partial charge < -0.3 is 9.88 Å². The Hall–Kier alpha value is -3.78. The summed E-state index contributed by atoms with van der Waals surface area (Å²) in [5, 5.41) is 6.81. The van der Waals surface area contributed by atoms with Gasteiger partial charge in [-0.2, -0.15) is 18.3 Å². The normalized spacial score (nSPS) is 13.7. The van der Waals surface area contributed by atoms with Crippen LogP contribution in [0.15, 0.2) is 60.9 Å². The molecule has 2 aromatic carbocycles. The number of para-hydroxylation sites is 1. The maximum Gasteiger partial charge on any atom is 0.417 e. The highest BCUT2D eigenvalue weighted by atomic mass is 35.5. The molecule has 1 aliphatic rings. The third kappa shape index (κ3) is 4.36. The van der Waals surface area contributed by atoms with Crippen molar-refractivity contribution < 1.29 is 13.2 Å². The number of nitrogens with zero attached hydrogens (tertiary/aromatic N) is 4. The number of nitrogens with one attached hydrogen (secondary N) is 1. The molecule has 5 aromatic rings. The van der Waals surface area contributed by atoms with Gasteiger partial charge in [0.2, 0.25) is 0 Å². The lowest BCUT2D eigenvalue weighted by Crippen LogP contribution is -2.31. The van der Waals surface area contributed by atoms with E-state index in [1.807, 2.05) is 29.3 Å². The van der Waals surface area contributed by atoms with E-state index in [0.717, 1.165) is 64.2 Å². The largest absolute Gasteiger partial charge is 0.417 e. The average Bonchev–Trinajstić information content (AvgIpc) is 3.58. The molecule has 5 nitrogen and oxygen atoms in total. The zero-order valence-corrected chi connectivity index (χ0v) is 22.4. The number of fused-ring (bicyclic) bond motifs is 2. The zero-order valence-electron chi connectivity index (χ0n) is 21.6. The third-order valence-electron chi connectivity index (χ3n) is 7.54. The molecule has 0 radical (unpaired) electrons. The molecule has 0 saturated heterocycles. The Kier molecular flexibility index (Phi) is 6.38. The van der Waals surface area contributed by atoms with Crippen molar-refractivity contribution in [1.29, 1.82) is 0 Å². The summed E-state index contributed by atoms with van der Waals surface area (Å²) in [5.74, 6) is 0.512. The number of alkyl halides is 3. The van der Waals surface area contributed by atoms with Gasteiger partial charge in [-0.3, -0.25) is 0 Å². The van der Waals surface area contributed by atoms with Crippen molar-refractivity contribution in [2.45, 2.75) is 45.8 Å². The summed E-state index contributed by atoms with van der Waals surface area (Å²) in [6, 6.07) is 14.9. The molecule has 39 heavy (non-hydrogen) atoms. The molecular formula is C30H27ClF3N5. The van der Waals surface area contributed by atoms with E-state index in [4.69, 9.17) is 16.7 Å². The Morgan fingerprint density at radius 3 is 2.44 bits per heavy atom. The molecule has 0 saturated carbocycles. The van der Waals surface area contributed by atoms with Crippen LogP contribution in [0.2, 0.25) is 5.02 Å². The Balaban J connectivity index is 1.55. The summed E-state index contributed by atoms with van der Waals surface area (Å²) in [6.45, 7) is 5.38. The molecule has 0 spiro atoms. The van der Waals surface area contributed by atoms with Crippen LogP contribution in [0.4, 0.5) is 19.0 Å². The Bertz CT molecular complexity index is 1640. The van der Waals surface area contributed by atoms with Gasteiger partial charge in [-0.1, -0.05) is 49.7 Å². The fraction of sp³-hybridized carbons (Fsp3) is 0.267. The number of aromatic amines is 1. The fourth-order valence-corrected chi connectivity index (χ4v) is 5.78. The number of halogens is 4. The third-order valence-corrected chi connectivity index (χ3v) is 7.85. The van der Waals surface area contributed by atoms with E-state index >= 15 is 0 Å². The number of hydrogen-bond donors (Lipinski definition) is 1. The quantitative estimate of drug-likeness (QED) is 0.243. The van der Waals surface area contributed by atoms with Gasteiger partial charge in [0.25, 0.3) is 0 Å². The van der Waals surface area contributed by atoms with Gasteiger partial charge in [-0.25, -0.2) is 9.67 Å². The van der Waals surface area contributed by atoms with E-state index in [9.17, 15) is 13.2 Å². The predicted molar refractivity (Wildman–Crippen MR) is 149 cm³/mol. The minimum Gasteiger partial charge on any atom is -0.360 e. The van der Waals surface area contributed by atoms with Gasteiger partial charge in [-0.05, 0) is 48.2 Å². The smallest absolute Gasteiger partial charge is 0.360 e. The zero-order chi connectivity index (χ0) is 27.3. The van der Waals surface area contributed by atoms with Gasteiger partial charge in [0.05, 0.1) is 33.2 Å². The number of aryl methyl sites for hydroxylation is 2. The first-order valence-corrected chi connectivity index (χ1v) is 13.4. The number of anilines is 1. The summed E-state index contributed by atoms with van der Waals surface area (Å²) in [6.07, 6.45) is 0.725. The first-order valence-electron chi connectivity index (χ1n) is 13.1. The minimum atomic E-state index is -4.42. The van der Waals surface area contributed by atoms with Crippen molar-refractivity contribution in [3.63, 3.8) is 0 Å². The highest BCUT2D eigenvalue weighted by Crippen LogP contribution is 2.40. The molecule has 0 unspecified atom stereocenters. The Morgan fingerprint density at radius 1 is 1.00 bits per heavy atom. The second-order valence-electron chi connectivity index (χ2n) is 9.75. The fourth-order valence-electron chi connectivity index (χ4n) is 5.56. The van der Waals surface area contributed by atoms with E-state index in [0.29, 0.717) is 30.4 Å². The van der Waals surface area contributed by atoms with Crippen LogP contribution in [-0.2, 0) is 32.0 Å². The monoisotopic (exact) mass is 549 g/mol. The number of aromatic nitrogens is 4. The highest BCUT2D eigenvalue weighted by Gasteiger charge is 2.32. The molecule has 0 bridgehead atoms. The first kappa shape index (κ1) is 25.5. The molecule has 0 fully saturated rings. The van der Waals surface area contributed by atoms with E-state index in [-0.39, 0.29) is 0 Å². The number of rotatable bonds is 5. The molecule has 1 aliphatic heterocycles. The van der Waals surface area contributed by atoms with Crippen LogP contribution >= 0.6 is 11.6 Å². The van der Waals surface area contributed by atoms with Crippen LogP contribution in [0.3, 0.4) is 0 Å². The summed E-state index contributed by atoms with van der Waals surface area (Å²) < 4.78 is 41.5. The molecular weight excluding hydrogens is 523 g/mol. The molecule has 0 atom stereocenters. The SMILES string of the molecule is CCc1cccc(CC)c1-n1nc2c(c1-c1ccc(Cl)c3[nH]ccc13)CN(c1ccc(C(F)(F)F)cn1)CC2. The van der Waals surface area contributed by atoms with E-state index in [1.54, 1.807) is 0 Å². The van der Waals surface area contributed by atoms with Crippen molar-refractivity contribution in [3.05, 3.63) is 93.9 Å². The van der Waals surface area contributed by atoms with Crippen molar-refractivity contribution in [3.8, 4) is 16.9 Å². The van der Waals surface area contributed by atoms with Gasteiger partial charge >= 0.3 is 6.18 Å². The minimum absolute atomic E-state index is 0.479. The van der Waals surface area contributed by atoms with E-state index in [2.05, 4.69) is 46.7 Å². The molecule has 200 valence electrons. The summed E-state index contributed by atoms with van der Waals surface area (Å²) >= 11 is 6.53. The maximum absolute atomic E-state index is 13.1. The maximum atomic E-state index is 13.1. The number of benzene rings is 2. The predicted octanol–water partition coefficient (Wildman–Crippen LogP) is 7.78. The second-order valence-corrected chi connectivity index (χ2v) is 10.2. The van der Waals surface area contributed by atoms with Crippen molar-refractivity contribution in [2.24, 2.45) is 0 Å². The number of hydrogen-bond acceptors (Lipinski definition) is 3. The molecule has 4 heterocycles. The Labute approximate surface area is 229 Å². The molecule has 3 aromatic heterocycles. The topological polar surface area (TPSA) is 49.7 Å². The summed E-state index contributed by atoms with van der Waals surface area (Å²) in [5.41, 5.74) is 7.60. The van der Waals surface area contributed by atoms with Crippen LogP contribution in [0.5, 0.6) is 0 Å². The molecule has 1 N–H and O–H groups in total. The van der Waals surface area contributed by atoms with Gasteiger partial charge in [0.1, 0.15) is 5.82 Å². The lowest BCUT2D eigenvalue weighted by Gasteiger charge is -2.28. The lowest BCUT2D eigenvalue weighted by atomic mass is 9.97. The number of pyridine rings is 1. The lowest BCUT2D eigenvalue weighted by molar-refractivity contribution is -0.137. The summed E-state index contributed by atoms with van der Waals surface area (Å²) in [7, 11) is 0. The standard InChI is InChI=1S/C30H27ClF3N5/c1-3-18-6-5-7-19(4-2)28(18)39-29(22-9-10-24(31)27-21(22)12-14-35-27)23-17-38(15-13-25(23)37-39)26-11-8-20(16-36-26)30(32,33)34/h5-12,14,16,35H,3-4,13,15,17H2,1-2H3. The first-order chi connectivity index (χ1) is 18.8. The van der Waals surface area contributed by atoms with E-state index in [1.165, 1.54) is 17.2 Å². The van der Waals surface area contributed by atoms with Crippen LogP contribution in [0, 0.1) is 0 Å². The molecule has 0 aliphatic carbocycles. The van der Waals surface area contributed by atoms with E-state index < -0.39 is 11.7 Å². The van der Waals surface area contributed by atoms with Crippen LogP contribution in [0.1, 0.15) is 41.8 Å². The average molecular weight is 550 g/mol.